The van der Waals surface area contributed by atoms with E-state index in [1.54, 1.807) is 0 Å². The van der Waals surface area contributed by atoms with Gasteiger partial charge in [0.05, 0.1) is 11.3 Å². The van der Waals surface area contributed by atoms with E-state index in [1.807, 2.05) is 0 Å². The molecule has 1 N–H and O–H groups in total. The highest BCUT2D eigenvalue weighted by Crippen LogP contribution is 2.23. The Morgan fingerprint density at radius 2 is 1.96 bits per heavy atom. The Balaban J connectivity index is 1.99. The van der Waals surface area contributed by atoms with Crippen molar-refractivity contribution in [1.82, 2.24) is 18.7 Å². The number of hydrogen-bond donors (Lipinski definition) is 1. The number of aromatic nitrogens is 4. The molecule has 12 heteroatoms. The number of hydrogen-bond acceptors (Lipinski definition) is 6. The van der Waals surface area contributed by atoms with Crippen LogP contribution in [0.25, 0.3) is 11.2 Å². The maximum absolute atomic E-state index is 13.4. The summed E-state index contributed by atoms with van der Waals surface area (Å²) in [6.07, 6.45) is 1.25. The molecule has 0 aliphatic heterocycles. The Kier molecular flexibility index (Phi) is 4.55. The molecule has 0 spiro atoms. The van der Waals surface area contributed by atoms with E-state index in [1.165, 1.54) is 42.5 Å². The van der Waals surface area contributed by atoms with Gasteiger partial charge in [0.15, 0.2) is 11.2 Å². The van der Waals surface area contributed by atoms with E-state index in [9.17, 15) is 28.9 Å². The molecular formula is C16H15FN6O5. The number of rotatable bonds is 4. The van der Waals surface area contributed by atoms with Crippen molar-refractivity contribution < 1.29 is 14.1 Å². The topological polar surface area (TPSA) is 134 Å². The first kappa shape index (κ1) is 18.9. The number of nitro benzene ring substituents is 1. The second-order valence-electron chi connectivity index (χ2n) is 6.12. The van der Waals surface area contributed by atoms with Crippen molar-refractivity contribution in [1.29, 1.82) is 0 Å². The van der Waals surface area contributed by atoms with Crippen LogP contribution in [0.4, 0.5) is 15.8 Å². The number of nitrogens with zero attached hydrogens (tertiary/aromatic N) is 5. The molecule has 0 saturated carbocycles. The summed E-state index contributed by atoms with van der Waals surface area (Å²) in [6, 6.07) is 2.01. The Morgan fingerprint density at radius 3 is 2.61 bits per heavy atom. The van der Waals surface area contributed by atoms with E-state index in [-0.39, 0.29) is 16.9 Å². The van der Waals surface area contributed by atoms with Crippen LogP contribution in [0.2, 0.25) is 0 Å². The SMILES string of the molecule is CC(C(=O)Nc1ccc(F)c([N+](=O)[O-])c1)n1cnc2c1c(=O)n(C)c(=O)n2C. The number of amides is 1. The van der Waals surface area contributed by atoms with E-state index >= 15 is 0 Å². The van der Waals surface area contributed by atoms with Gasteiger partial charge in [0, 0.05) is 25.8 Å². The first-order chi connectivity index (χ1) is 13.1. The third-order valence-corrected chi connectivity index (χ3v) is 4.38. The number of aryl methyl sites for hydroxylation is 1. The normalized spacial score (nSPS) is 12.1. The van der Waals surface area contributed by atoms with Gasteiger partial charge in [-0.15, -0.1) is 0 Å². The van der Waals surface area contributed by atoms with Crippen molar-refractivity contribution in [2.24, 2.45) is 14.1 Å². The second-order valence-corrected chi connectivity index (χ2v) is 6.12. The van der Waals surface area contributed by atoms with E-state index in [0.717, 1.165) is 16.7 Å². The maximum atomic E-state index is 13.4. The van der Waals surface area contributed by atoms with Crippen LogP contribution >= 0.6 is 0 Å². The number of nitro groups is 1. The zero-order chi connectivity index (χ0) is 20.7. The number of benzene rings is 1. The van der Waals surface area contributed by atoms with Crippen LogP contribution in [0.15, 0.2) is 34.1 Å². The summed E-state index contributed by atoms with van der Waals surface area (Å²) in [5.74, 6) is -1.64. The molecule has 0 aliphatic carbocycles. The molecule has 2 heterocycles. The fourth-order valence-electron chi connectivity index (χ4n) is 2.76. The van der Waals surface area contributed by atoms with Gasteiger partial charge < -0.3 is 9.88 Å². The molecule has 1 unspecified atom stereocenters. The van der Waals surface area contributed by atoms with Crippen LogP contribution in [0.5, 0.6) is 0 Å². The third kappa shape index (κ3) is 2.94. The zero-order valence-electron chi connectivity index (χ0n) is 15.0. The van der Waals surface area contributed by atoms with Gasteiger partial charge in [0.25, 0.3) is 5.56 Å². The molecular weight excluding hydrogens is 375 g/mol. The van der Waals surface area contributed by atoms with E-state index < -0.39 is 39.6 Å². The Labute approximate surface area is 155 Å². The molecule has 0 saturated heterocycles. The van der Waals surface area contributed by atoms with Crippen molar-refractivity contribution in [2.45, 2.75) is 13.0 Å². The van der Waals surface area contributed by atoms with Gasteiger partial charge in [-0.3, -0.25) is 28.8 Å². The smallest absolute Gasteiger partial charge is 0.324 e. The predicted octanol–water partition coefficient (Wildman–Crippen LogP) is 0.681. The summed E-state index contributed by atoms with van der Waals surface area (Å²) in [4.78, 5) is 51.0. The van der Waals surface area contributed by atoms with Gasteiger partial charge in [0.1, 0.15) is 6.04 Å². The highest BCUT2D eigenvalue weighted by atomic mass is 19.1. The van der Waals surface area contributed by atoms with Gasteiger partial charge in [-0.2, -0.15) is 4.39 Å². The number of carbonyl (C=O) groups excluding carboxylic acids is 1. The molecule has 0 aliphatic rings. The van der Waals surface area contributed by atoms with Gasteiger partial charge in [-0.25, -0.2) is 9.78 Å². The van der Waals surface area contributed by atoms with Crippen LogP contribution in [0, 0.1) is 15.9 Å². The van der Waals surface area contributed by atoms with Gasteiger partial charge in [-0.05, 0) is 19.1 Å². The second kappa shape index (κ2) is 6.72. The minimum Gasteiger partial charge on any atom is -0.324 e. The Morgan fingerprint density at radius 1 is 1.29 bits per heavy atom. The number of halogens is 1. The quantitative estimate of drug-likeness (QED) is 0.514. The van der Waals surface area contributed by atoms with Gasteiger partial charge in [-0.1, -0.05) is 0 Å². The van der Waals surface area contributed by atoms with Crippen molar-refractivity contribution in [3.63, 3.8) is 0 Å². The average molecular weight is 390 g/mol. The lowest BCUT2D eigenvalue weighted by atomic mass is 10.2. The molecule has 0 bridgehead atoms. The molecule has 1 atom stereocenters. The Hall–Kier alpha value is -3.83. The maximum Gasteiger partial charge on any atom is 0.332 e. The highest BCUT2D eigenvalue weighted by Gasteiger charge is 2.23. The highest BCUT2D eigenvalue weighted by molar-refractivity contribution is 5.94. The molecule has 1 amide bonds. The minimum atomic E-state index is -1.03. The van der Waals surface area contributed by atoms with Crippen LogP contribution in [-0.4, -0.2) is 29.5 Å². The number of fused-ring (bicyclic) bond motifs is 1. The third-order valence-electron chi connectivity index (χ3n) is 4.38. The standard InChI is InChI=1S/C16H15FN6O5/c1-8(14(24)19-9-4-5-10(17)11(6-9)23(27)28)22-7-18-13-12(22)15(25)21(3)16(26)20(13)2/h4-8H,1-3H3,(H,19,24). The fraction of sp³-hybridized carbons (Fsp3) is 0.250. The van der Waals surface area contributed by atoms with E-state index in [4.69, 9.17) is 0 Å². The molecule has 3 aromatic rings. The summed E-state index contributed by atoms with van der Waals surface area (Å²) in [6.45, 7) is 1.49. The van der Waals surface area contributed by atoms with Gasteiger partial charge in [0.2, 0.25) is 11.7 Å². The van der Waals surface area contributed by atoms with Crippen molar-refractivity contribution in [2.75, 3.05) is 5.32 Å². The molecule has 2 aromatic heterocycles. The van der Waals surface area contributed by atoms with Crippen molar-refractivity contribution in [3.05, 3.63) is 61.3 Å². The van der Waals surface area contributed by atoms with Gasteiger partial charge >= 0.3 is 11.4 Å². The van der Waals surface area contributed by atoms with Crippen LogP contribution in [0.3, 0.4) is 0 Å². The summed E-state index contributed by atoms with van der Waals surface area (Å²) < 4.78 is 16.8. The zero-order valence-corrected chi connectivity index (χ0v) is 15.0. The Bertz CT molecular complexity index is 1240. The number of carbonyl (C=O) groups is 1. The molecule has 0 fully saturated rings. The number of nitrogens with one attached hydrogen (secondary N) is 1. The first-order valence-electron chi connectivity index (χ1n) is 8.00. The molecule has 1 aromatic carbocycles. The summed E-state index contributed by atoms with van der Waals surface area (Å²) in [5.41, 5.74) is -1.76. The summed E-state index contributed by atoms with van der Waals surface area (Å²) in [5, 5.41) is 13.3. The van der Waals surface area contributed by atoms with E-state index in [0.29, 0.717) is 0 Å². The molecule has 0 radical (unpaired) electrons. The molecule has 3 rings (SSSR count). The minimum absolute atomic E-state index is 0.0228. The van der Waals surface area contributed by atoms with Crippen molar-refractivity contribution in [3.8, 4) is 0 Å². The largest absolute Gasteiger partial charge is 0.332 e. The van der Waals surface area contributed by atoms with Crippen LogP contribution in [0.1, 0.15) is 13.0 Å². The average Bonchev–Trinajstić information content (AvgIpc) is 3.10. The summed E-state index contributed by atoms with van der Waals surface area (Å²) in [7, 11) is 2.76. The predicted molar refractivity (Wildman–Crippen MR) is 96.6 cm³/mol. The monoisotopic (exact) mass is 390 g/mol. The molecule has 28 heavy (non-hydrogen) atoms. The van der Waals surface area contributed by atoms with E-state index in [2.05, 4.69) is 10.3 Å². The number of anilines is 1. The van der Waals surface area contributed by atoms with Crippen LogP contribution < -0.4 is 16.6 Å². The molecule has 146 valence electrons. The van der Waals surface area contributed by atoms with Crippen molar-refractivity contribution >= 4 is 28.4 Å². The lowest BCUT2D eigenvalue weighted by Crippen LogP contribution is -2.38. The number of imidazole rings is 1. The lowest BCUT2D eigenvalue weighted by Gasteiger charge is -2.15. The van der Waals surface area contributed by atoms with Crippen LogP contribution in [-0.2, 0) is 18.9 Å². The molecule has 11 nitrogen and oxygen atoms in total. The summed E-state index contributed by atoms with van der Waals surface area (Å²) >= 11 is 0. The fourth-order valence-corrected chi connectivity index (χ4v) is 2.76. The lowest BCUT2D eigenvalue weighted by molar-refractivity contribution is -0.387. The first-order valence-corrected chi connectivity index (χ1v) is 8.00.